The Morgan fingerprint density at radius 3 is 2.50 bits per heavy atom. The predicted octanol–water partition coefficient (Wildman–Crippen LogP) is 2.62. The van der Waals surface area contributed by atoms with Gasteiger partial charge in [0.05, 0.1) is 0 Å². The number of rotatable bonds is 5. The van der Waals surface area contributed by atoms with E-state index in [1.165, 1.54) is 12.4 Å². The van der Waals surface area contributed by atoms with Crippen molar-refractivity contribution < 1.29 is 14.6 Å². The number of carboxylic acid groups (broad SMARTS) is 1. The molecule has 1 N–H and O–H groups in total. The molecule has 0 spiro atoms. The summed E-state index contributed by atoms with van der Waals surface area (Å²) in [6.07, 6.45) is 5.26. The number of pyridine rings is 1. The number of aliphatic carboxylic acids is 1. The van der Waals surface area contributed by atoms with Gasteiger partial charge in [0.25, 0.3) is 0 Å². The van der Waals surface area contributed by atoms with Crippen LogP contribution in [-0.2, 0) is 4.79 Å². The molecule has 20 heavy (non-hydrogen) atoms. The lowest BCUT2D eigenvalue weighted by Crippen LogP contribution is -2.24. The number of nitrogens with zero attached hydrogens (tertiary/aromatic N) is 1. The number of carbonyl (C=O) groups is 1. The summed E-state index contributed by atoms with van der Waals surface area (Å²) in [7, 11) is 0. The summed E-state index contributed by atoms with van der Waals surface area (Å²) in [5.74, 6) is -0.833. The Hall–Kier alpha value is -2.62. The highest BCUT2D eigenvalue weighted by Gasteiger charge is 2.07. The molecule has 0 saturated heterocycles. The number of allylic oxidation sites excluding steroid dienone is 1. The normalized spacial score (nSPS) is 11.3. The van der Waals surface area contributed by atoms with Crippen molar-refractivity contribution in [3.8, 4) is 0 Å². The number of benzene rings is 1. The molecule has 0 aliphatic rings. The molecule has 0 bridgehead atoms. The van der Waals surface area contributed by atoms with Crippen molar-refractivity contribution in [3.05, 3.63) is 77.3 Å². The molecule has 2 aromatic rings. The molecule has 1 heterocycles. The Morgan fingerprint density at radius 2 is 1.85 bits per heavy atom. The van der Waals surface area contributed by atoms with Crippen molar-refractivity contribution in [3.63, 3.8) is 0 Å². The molecule has 2 rings (SSSR count). The second-order valence-corrected chi connectivity index (χ2v) is 4.37. The smallest absolute Gasteiger partial charge is 0.303 e. The molecule has 0 aliphatic carbocycles. The first-order chi connectivity index (χ1) is 9.66. The first kappa shape index (κ1) is 13.8. The highest BCUT2D eigenvalue weighted by molar-refractivity contribution is 5.79. The molecule has 1 aromatic carbocycles. The summed E-state index contributed by atoms with van der Waals surface area (Å²) in [6.45, 7) is 0. The zero-order chi connectivity index (χ0) is 14.4. The lowest BCUT2D eigenvalue weighted by Gasteiger charge is -2.08. The van der Waals surface area contributed by atoms with Crippen molar-refractivity contribution in [1.82, 2.24) is 0 Å². The van der Waals surface area contributed by atoms with Crippen LogP contribution >= 0.6 is 0 Å². The standard InChI is InChI=1S/C16H15NO3/c18-16(19)10-4-9-15(13-6-2-1-3-7-13)14-8-5-11-17(20)12-14/h1-3,5-9,11-12H,4,10H2,(H,18,19)/b15-9+. The second kappa shape index (κ2) is 6.52. The van der Waals surface area contributed by atoms with E-state index in [1.54, 1.807) is 6.07 Å². The molecule has 102 valence electrons. The molecule has 1 aromatic heterocycles. The average molecular weight is 269 g/mol. The molecule has 0 fully saturated rings. The minimum atomic E-state index is -0.833. The van der Waals surface area contributed by atoms with Crippen molar-refractivity contribution in [2.75, 3.05) is 0 Å². The third-order valence-electron chi connectivity index (χ3n) is 2.88. The zero-order valence-corrected chi connectivity index (χ0v) is 10.9. The molecular weight excluding hydrogens is 254 g/mol. The van der Waals surface area contributed by atoms with Crippen LogP contribution in [0.1, 0.15) is 24.0 Å². The SMILES string of the molecule is O=C(O)CC/C=C(\c1ccccc1)c1ccc[n+]([O-])c1. The van der Waals surface area contributed by atoms with Crippen LogP contribution in [-0.4, -0.2) is 11.1 Å². The van der Waals surface area contributed by atoms with Gasteiger partial charge in [-0.2, -0.15) is 4.73 Å². The van der Waals surface area contributed by atoms with Gasteiger partial charge in [0.2, 0.25) is 0 Å². The molecule has 0 atom stereocenters. The minimum absolute atomic E-state index is 0.0700. The fourth-order valence-corrected chi connectivity index (χ4v) is 1.97. The largest absolute Gasteiger partial charge is 0.619 e. The van der Waals surface area contributed by atoms with Gasteiger partial charge in [0, 0.05) is 18.1 Å². The van der Waals surface area contributed by atoms with E-state index in [-0.39, 0.29) is 6.42 Å². The van der Waals surface area contributed by atoms with E-state index in [1.807, 2.05) is 42.5 Å². The molecule has 0 radical (unpaired) electrons. The lowest BCUT2D eigenvalue weighted by molar-refractivity contribution is -0.605. The molecule has 0 amide bonds. The van der Waals surface area contributed by atoms with Crippen molar-refractivity contribution in [1.29, 1.82) is 0 Å². The van der Waals surface area contributed by atoms with E-state index < -0.39 is 5.97 Å². The number of hydrogen-bond donors (Lipinski definition) is 1. The fraction of sp³-hybridized carbons (Fsp3) is 0.125. The van der Waals surface area contributed by atoms with Crippen LogP contribution in [0, 0.1) is 5.21 Å². The maximum atomic E-state index is 11.4. The molecule has 4 nitrogen and oxygen atoms in total. The predicted molar refractivity (Wildman–Crippen MR) is 75.8 cm³/mol. The Bertz CT molecular complexity index is 621. The summed E-state index contributed by atoms with van der Waals surface area (Å²) >= 11 is 0. The maximum absolute atomic E-state index is 11.4. The van der Waals surface area contributed by atoms with Gasteiger partial charge >= 0.3 is 5.97 Å². The average Bonchev–Trinajstić information content (AvgIpc) is 2.44. The topological polar surface area (TPSA) is 64.2 Å². The van der Waals surface area contributed by atoms with Gasteiger partial charge in [-0.25, -0.2) is 0 Å². The van der Waals surface area contributed by atoms with E-state index >= 15 is 0 Å². The quantitative estimate of drug-likeness (QED) is 0.670. The van der Waals surface area contributed by atoms with Gasteiger partial charge in [-0.15, -0.1) is 0 Å². The summed E-state index contributed by atoms with van der Waals surface area (Å²) < 4.78 is 0.739. The summed E-state index contributed by atoms with van der Waals surface area (Å²) in [5.41, 5.74) is 2.61. The summed E-state index contributed by atoms with van der Waals surface area (Å²) in [5, 5.41) is 20.1. The fourth-order valence-electron chi connectivity index (χ4n) is 1.97. The first-order valence-corrected chi connectivity index (χ1v) is 6.33. The van der Waals surface area contributed by atoms with Gasteiger partial charge in [0.15, 0.2) is 12.4 Å². The van der Waals surface area contributed by atoms with Crippen LogP contribution in [0.2, 0.25) is 0 Å². The van der Waals surface area contributed by atoms with Gasteiger partial charge in [-0.1, -0.05) is 36.4 Å². The van der Waals surface area contributed by atoms with E-state index in [0.717, 1.165) is 21.4 Å². The van der Waals surface area contributed by atoms with Crippen molar-refractivity contribution in [2.45, 2.75) is 12.8 Å². The van der Waals surface area contributed by atoms with Gasteiger partial charge in [0.1, 0.15) is 0 Å². The number of hydrogen-bond acceptors (Lipinski definition) is 2. The van der Waals surface area contributed by atoms with Gasteiger partial charge in [-0.3, -0.25) is 4.79 Å². The Balaban J connectivity index is 2.36. The molecule has 0 saturated carbocycles. The van der Waals surface area contributed by atoms with Gasteiger partial charge in [-0.05, 0) is 23.6 Å². The second-order valence-electron chi connectivity index (χ2n) is 4.37. The first-order valence-electron chi connectivity index (χ1n) is 6.33. The van der Waals surface area contributed by atoms with E-state index in [9.17, 15) is 10.0 Å². The van der Waals surface area contributed by atoms with Gasteiger partial charge < -0.3 is 10.3 Å². The van der Waals surface area contributed by atoms with E-state index in [2.05, 4.69) is 0 Å². The highest BCUT2D eigenvalue weighted by atomic mass is 16.5. The minimum Gasteiger partial charge on any atom is -0.619 e. The Labute approximate surface area is 117 Å². The third kappa shape index (κ3) is 3.68. The number of carboxylic acids is 1. The van der Waals surface area contributed by atoms with Crippen LogP contribution in [0.3, 0.4) is 0 Å². The highest BCUT2D eigenvalue weighted by Crippen LogP contribution is 2.23. The summed E-state index contributed by atoms with van der Waals surface area (Å²) in [6, 6.07) is 13.1. The monoisotopic (exact) mass is 269 g/mol. The zero-order valence-electron chi connectivity index (χ0n) is 10.9. The molecule has 0 unspecified atom stereocenters. The van der Waals surface area contributed by atoms with Crippen LogP contribution in [0.25, 0.3) is 5.57 Å². The van der Waals surface area contributed by atoms with E-state index in [0.29, 0.717) is 6.42 Å². The van der Waals surface area contributed by atoms with Crippen LogP contribution in [0.4, 0.5) is 0 Å². The van der Waals surface area contributed by atoms with Crippen LogP contribution in [0.15, 0.2) is 60.9 Å². The Kier molecular flexibility index (Phi) is 4.50. The molecule has 0 aliphatic heterocycles. The Morgan fingerprint density at radius 1 is 1.15 bits per heavy atom. The third-order valence-corrected chi connectivity index (χ3v) is 2.88. The van der Waals surface area contributed by atoms with E-state index in [4.69, 9.17) is 5.11 Å². The van der Waals surface area contributed by atoms with Crippen molar-refractivity contribution >= 4 is 11.5 Å². The maximum Gasteiger partial charge on any atom is 0.303 e. The lowest BCUT2D eigenvalue weighted by atomic mass is 9.98. The van der Waals surface area contributed by atoms with Crippen LogP contribution < -0.4 is 4.73 Å². The molecular formula is C16H15NO3. The van der Waals surface area contributed by atoms with Crippen molar-refractivity contribution in [2.24, 2.45) is 0 Å². The van der Waals surface area contributed by atoms with Crippen LogP contribution in [0.5, 0.6) is 0 Å². The number of aromatic nitrogens is 1. The molecule has 4 heteroatoms. The summed E-state index contributed by atoms with van der Waals surface area (Å²) in [4.78, 5) is 10.6.